The van der Waals surface area contributed by atoms with Crippen LogP contribution in [0.1, 0.15) is 41.9 Å². The molecule has 2 aliphatic heterocycles. The number of piperidine rings is 1. The number of benzene rings is 1. The number of rotatable bonds is 3. The second-order valence-electron chi connectivity index (χ2n) is 6.93. The maximum atomic E-state index is 12.8. The van der Waals surface area contributed by atoms with Gasteiger partial charge in [-0.3, -0.25) is 19.3 Å². The molecular formula is C20H23N3O4. The minimum Gasteiger partial charge on any atom is -0.502 e. The van der Waals surface area contributed by atoms with Crippen LogP contribution in [-0.4, -0.2) is 46.5 Å². The number of aromatic hydroxyl groups is 1. The second-order valence-corrected chi connectivity index (χ2v) is 6.93. The zero-order chi connectivity index (χ0) is 19.1. The Bertz CT molecular complexity index is 911. The molecule has 3 heterocycles. The van der Waals surface area contributed by atoms with E-state index in [0.717, 1.165) is 18.4 Å². The third kappa shape index (κ3) is 2.70. The lowest BCUT2D eigenvalue weighted by molar-refractivity contribution is -0.0138. The molecule has 7 heteroatoms. The molecule has 1 amide bonds. The molecule has 1 aromatic heterocycles. The lowest BCUT2D eigenvalue weighted by atomic mass is 9.91. The smallest absolute Gasteiger partial charge is 0.277 e. The molecule has 7 nitrogen and oxygen atoms in total. The van der Waals surface area contributed by atoms with Gasteiger partial charge in [0, 0.05) is 25.9 Å². The van der Waals surface area contributed by atoms with E-state index >= 15 is 0 Å². The van der Waals surface area contributed by atoms with Gasteiger partial charge in [-0.05, 0) is 25.3 Å². The SMILES string of the molecule is CCOC1CCC2N(C)C(=O)c3c(O)c(=O)ccn3N2C1c1ccccc1. The van der Waals surface area contributed by atoms with Gasteiger partial charge in [0.25, 0.3) is 5.91 Å². The first-order valence-electron chi connectivity index (χ1n) is 9.21. The fourth-order valence-corrected chi connectivity index (χ4v) is 4.23. The first-order chi connectivity index (χ1) is 13.0. The Morgan fingerprint density at radius 2 is 1.89 bits per heavy atom. The lowest BCUT2D eigenvalue weighted by Gasteiger charge is -2.53. The van der Waals surface area contributed by atoms with Gasteiger partial charge in [0.2, 0.25) is 5.43 Å². The Labute approximate surface area is 157 Å². The molecule has 2 aromatic rings. The van der Waals surface area contributed by atoms with Gasteiger partial charge in [-0.2, -0.15) is 0 Å². The van der Waals surface area contributed by atoms with Crippen molar-refractivity contribution in [3.8, 4) is 5.75 Å². The van der Waals surface area contributed by atoms with Gasteiger partial charge in [-0.1, -0.05) is 30.3 Å². The van der Waals surface area contributed by atoms with Crippen molar-refractivity contribution >= 4 is 5.91 Å². The lowest BCUT2D eigenvalue weighted by Crippen LogP contribution is -2.65. The van der Waals surface area contributed by atoms with E-state index in [1.54, 1.807) is 22.8 Å². The largest absolute Gasteiger partial charge is 0.502 e. The summed E-state index contributed by atoms with van der Waals surface area (Å²) in [4.78, 5) is 26.4. The number of pyridine rings is 1. The van der Waals surface area contributed by atoms with Crippen LogP contribution < -0.4 is 10.4 Å². The molecule has 1 saturated heterocycles. The van der Waals surface area contributed by atoms with Crippen molar-refractivity contribution < 1.29 is 14.6 Å². The number of fused-ring (bicyclic) bond motifs is 3. The Morgan fingerprint density at radius 3 is 2.59 bits per heavy atom. The van der Waals surface area contributed by atoms with Crippen molar-refractivity contribution in [2.75, 3.05) is 18.7 Å². The van der Waals surface area contributed by atoms with Crippen LogP contribution in [0.2, 0.25) is 0 Å². The predicted octanol–water partition coefficient (Wildman–Crippen LogP) is 1.84. The van der Waals surface area contributed by atoms with Crippen LogP contribution >= 0.6 is 0 Å². The van der Waals surface area contributed by atoms with Crippen LogP contribution in [0.15, 0.2) is 47.4 Å². The maximum absolute atomic E-state index is 12.8. The minimum absolute atomic E-state index is 0.000621. The van der Waals surface area contributed by atoms with Gasteiger partial charge in [0.15, 0.2) is 11.4 Å². The molecule has 0 aliphatic carbocycles. The molecule has 3 atom stereocenters. The molecule has 0 saturated carbocycles. The van der Waals surface area contributed by atoms with Crippen LogP contribution in [0, 0.1) is 0 Å². The number of nitrogens with zero attached hydrogens (tertiary/aromatic N) is 3. The highest BCUT2D eigenvalue weighted by Crippen LogP contribution is 2.39. The summed E-state index contributed by atoms with van der Waals surface area (Å²) in [5.41, 5.74) is 0.503. The summed E-state index contributed by atoms with van der Waals surface area (Å²) >= 11 is 0. The molecule has 0 spiro atoms. The van der Waals surface area contributed by atoms with Crippen LogP contribution in [-0.2, 0) is 4.74 Å². The number of hydrogen-bond acceptors (Lipinski definition) is 5. The molecule has 0 bridgehead atoms. The summed E-state index contributed by atoms with van der Waals surface area (Å²) < 4.78 is 7.68. The van der Waals surface area contributed by atoms with Crippen molar-refractivity contribution in [3.63, 3.8) is 0 Å². The van der Waals surface area contributed by atoms with Gasteiger partial charge in [0.1, 0.15) is 6.17 Å². The van der Waals surface area contributed by atoms with Crippen LogP contribution in [0.25, 0.3) is 0 Å². The Balaban J connectivity index is 1.92. The molecule has 27 heavy (non-hydrogen) atoms. The molecule has 4 rings (SSSR count). The van der Waals surface area contributed by atoms with Gasteiger partial charge >= 0.3 is 0 Å². The van der Waals surface area contributed by atoms with Crippen LogP contribution in [0.5, 0.6) is 5.75 Å². The van der Waals surface area contributed by atoms with Gasteiger partial charge in [0.05, 0.1) is 12.1 Å². The maximum Gasteiger partial charge on any atom is 0.277 e. The average molecular weight is 369 g/mol. The quantitative estimate of drug-likeness (QED) is 0.894. The molecule has 1 N–H and O–H groups in total. The molecule has 3 unspecified atom stereocenters. The Morgan fingerprint density at radius 1 is 1.15 bits per heavy atom. The molecular weight excluding hydrogens is 346 g/mol. The molecule has 1 fully saturated rings. The van der Waals surface area contributed by atoms with E-state index in [4.69, 9.17) is 4.74 Å². The fourth-order valence-electron chi connectivity index (χ4n) is 4.23. The normalized spacial score (nSPS) is 24.5. The summed E-state index contributed by atoms with van der Waals surface area (Å²) in [6, 6.07) is 11.1. The number of aromatic nitrogens is 1. The summed E-state index contributed by atoms with van der Waals surface area (Å²) in [6.45, 7) is 2.56. The fraction of sp³-hybridized carbons (Fsp3) is 0.400. The first kappa shape index (κ1) is 17.6. The predicted molar refractivity (Wildman–Crippen MR) is 100 cm³/mol. The number of ether oxygens (including phenoxy) is 1. The van der Waals surface area contributed by atoms with Crippen molar-refractivity contribution in [3.05, 3.63) is 64.1 Å². The van der Waals surface area contributed by atoms with Crippen molar-refractivity contribution in [2.45, 2.75) is 38.1 Å². The molecule has 2 aliphatic rings. The van der Waals surface area contributed by atoms with E-state index in [1.165, 1.54) is 6.07 Å². The third-order valence-corrected chi connectivity index (χ3v) is 5.45. The van der Waals surface area contributed by atoms with E-state index in [-0.39, 0.29) is 29.9 Å². The minimum atomic E-state index is -0.559. The first-order valence-corrected chi connectivity index (χ1v) is 9.21. The third-order valence-electron chi connectivity index (χ3n) is 5.45. The molecule has 142 valence electrons. The van der Waals surface area contributed by atoms with Crippen molar-refractivity contribution in [1.82, 2.24) is 9.58 Å². The van der Waals surface area contributed by atoms with Crippen molar-refractivity contribution in [1.29, 1.82) is 0 Å². The highest BCUT2D eigenvalue weighted by molar-refractivity contribution is 5.96. The van der Waals surface area contributed by atoms with Crippen molar-refractivity contribution in [2.24, 2.45) is 0 Å². The topological polar surface area (TPSA) is 75.0 Å². The van der Waals surface area contributed by atoms with E-state index in [1.807, 2.05) is 37.3 Å². The summed E-state index contributed by atoms with van der Waals surface area (Å²) in [5.74, 6) is -0.869. The number of hydrogen-bond donors (Lipinski definition) is 1. The van der Waals surface area contributed by atoms with E-state index in [2.05, 4.69) is 5.01 Å². The highest BCUT2D eigenvalue weighted by Gasteiger charge is 2.46. The number of carbonyl (C=O) groups is 1. The zero-order valence-electron chi connectivity index (χ0n) is 15.4. The standard InChI is InChI=1S/C20H23N3O4/c1-3-27-15-9-10-16-21(2)20(26)18-19(25)14(24)11-12-22(18)23(16)17(15)13-7-5-4-6-8-13/h4-8,11-12,15-17,25H,3,9-10H2,1-2H3. The molecule has 1 aromatic carbocycles. The molecule has 0 radical (unpaired) electrons. The monoisotopic (exact) mass is 369 g/mol. The van der Waals surface area contributed by atoms with E-state index in [0.29, 0.717) is 6.61 Å². The summed E-state index contributed by atoms with van der Waals surface area (Å²) in [6.07, 6.45) is 2.87. The Hall–Kier alpha value is -2.80. The van der Waals surface area contributed by atoms with Gasteiger partial charge in [-0.15, -0.1) is 0 Å². The zero-order valence-corrected chi connectivity index (χ0v) is 15.4. The van der Waals surface area contributed by atoms with E-state index in [9.17, 15) is 14.7 Å². The van der Waals surface area contributed by atoms with E-state index < -0.39 is 11.2 Å². The van der Waals surface area contributed by atoms with Crippen LogP contribution in [0.4, 0.5) is 0 Å². The summed E-state index contributed by atoms with van der Waals surface area (Å²) in [5, 5.41) is 12.4. The van der Waals surface area contributed by atoms with Gasteiger partial charge in [-0.25, -0.2) is 0 Å². The van der Waals surface area contributed by atoms with Gasteiger partial charge < -0.3 is 14.7 Å². The number of amides is 1. The average Bonchev–Trinajstić information content (AvgIpc) is 2.69. The number of carbonyl (C=O) groups excluding carboxylic acids is 1. The van der Waals surface area contributed by atoms with Crippen LogP contribution in [0.3, 0.4) is 0 Å². The second kappa shape index (κ2) is 6.74. The summed E-state index contributed by atoms with van der Waals surface area (Å²) in [7, 11) is 1.71. The highest BCUT2D eigenvalue weighted by atomic mass is 16.5. The Kier molecular flexibility index (Phi) is 4.39.